The first-order valence-corrected chi connectivity index (χ1v) is 5.41. The molecule has 1 aliphatic heterocycles. The maximum atomic E-state index is 10.2. The van der Waals surface area contributed by atoms with Crippen molar-refractivity contribution in [2.75, 3.05) is 13.1 Å². The van der Waals surface area contributed by atoms with E-state index in [0.717, 1.165) is 18.5 Å². The number of carbonyl (C=O) groups excluding carboxylic acids is 1. The van der Waals surface area contributed by atoms with E-state index in [1.165, 1.54) is 0 Å². The number of nitrogens with one attached hydrogen (secondary N) is 2. The first kappa shape index (κ1) is 13.2. The summed E-state index contributed by atoms with van der Waals surface area (Å²) in [4.78, 5) is 20.2. The third-order valence-corrected chi connectivity index (χ3v) is 2.19. The number of carbonyl (C=O) groups is 2. The van der Waals surface area contributed by atoms with Crippen molar-refractivity contribution in [3.05, 3.63) is 35.9 Å². The van der Waals surface area contributed by atoms with Gasteiger partial charge in [-0.15, -0.1) is 0 Å². The molecule has 1 heterocycles. The summed E-state index contributed by atoms with van der Waals surface area (Å²) in [5.41, 5.74) is 0.968. The molecule has 1 aromatic rings. The maximum Gasteiger partial charge on any atom is 0.404 e. The Morgan fingerprint density at radius 1 is 1.35 bits per heavy atom. The highest BCUT2D eigenvalue weighted by atomic mass is 16.4. The highest BCUT2D eigenvalue weighted by molar-refractivity contribution is 5.82. The molecule has 0 radical (unpaired) electrons. The molecule has 1 aliphatic rings. The molecule has 3 N–H and O–H groups in total. The van der Waals surface area contributed by atoms with Crippen LogP contribution < -0.4 is 10.6 Å². The number of rotatable bonds is 2. The molecular weight excluding hydrogens is 220 g/mol. The molecule has 0 bridgehead atoms. The summed E-state index contributed by atoms with van der Waals surface area (Å²) in [7, 11) is 0. The lowest BCUT2D eigenvalue weighted by Crippen LogP contribution is -2.19. The van der Waals surface area contributed by atoms with E-state index in [1.807, 2.05) is 30.3 Å². The van der Waals surface area contributed by atoms with E-state index in [9.17, 15) is 9.59 Å². The number of hydrogen-bond acceptors (Lipinski definition) is 3. The fraction of sp³-hybridized carbons (Fsp3) is 0.333. The highest BCUT2D eigenvalue weighted by Gasteiger charge is 2.06. The summed E-state index contributed by atoms with van der Waals surface area (Å²) < 4.78 is 0. The fourth-order valence-electron chi connectivity index (χ4n) is 1.32. The van der Waals surface area contributed by atoms with Crippen molar-refractivity contribution in [3.63, 3.8) is 0 Å². The smallest absolute Gasteiger partial charge is 0.404 e. The van der Waals surface area contributed by atoms with Gasteiger partial charge in [0.05, 0.1) is 6.54 Å². The van der Waals surface area contributed by atoms with Crippen LogP contribution in [0.15, 0.2) is 30.3 Å². The number of ketones is 1. The third-order valence-electron chi connectivity index (χ3n) is 2.19. The van der Waals surface area contributed by atoms with Gasteiger partial charge in [0.2, 0.25) is 0 Å². The third kappa shape index (κ3) is 6.32. The van der Waals surface area contributed by atoms with Gasteiger partial charge in [0.25, 0.3) is 0 Å². The Bertz CT molecular complexity index is 357. The predicted octanol–water partition coefficient (Wildman–Crippen LogP) is 1.00. The van der Waals surface area contributed by atoms with Crippen LogP contribution in [0.25, 0.3) is 0 Å². The number of carboxylic acid groups (broad SMARTS) is 1. The van der Waals surface area contributed by atoms with Crippen LogP contribution in [-0.2, 0) is 11.3 Å². The van der Waals surface area contributed by atoms with E-state index >= 15 is 0 Å². The standard InChI is InChI=1S/C8H9NO2.C4H7NO/c10-8(11)9-6-7-4-2-1-3-5-7;6-4-1-2-5-3-4/h1-5,9H,6H2,(H,10,11);5H,1-3H2. The van der Waals surface area contributed by atoms with E-state index in [2.05, 4.69) is 10.6 Å². The SMILES string of the molecule is O=C(O)NCc1ccccc1.O=C1CCNC1. The van der Waals surface area contributed by atoms with E-state index in [4.69, 9.17) is 5.11 Å². The van der Waals surface area contributed by atoms with Crippen LogP contribution >= 0.6 is 0 Å². The lowest BCUT2D eigenvalue weighted by atomic mass is 10.2. The van der Waals surface area contributed by atoms with Gasteiger partial charge in [-0.25, -0.2) is 4.79 Å². The molecule has 5 heteroatoms. The average Bonchev–Trinajstić information content (AvgIpc) is 2.80. The first-order chi connectivity index (χ1) is 8.18. The van der Waals surface area contributed by atoms with Crippen molar-refractivity contribution in [3.8, 4) is 0 Å². The lowest BCUT2D eigenvalue weighted by Gasteiger charge is -1.98. The van der Waals surface area contributed by atoms with Crippen molar-refractivity contribution in [1.82, 2.24) is 10.6 Å². The Morgan fingerprint density at radius 3 is 2.47 bits per heavy atom. The maximum absolute atomic E-state index is 10.2. The minimum Gasteiger partial charge on any atom is -0.465 e. The molecule has 0 spiro atoms. The molecule has 0 unspecified atom stereocenters. The topological polar surface area (TPSA) is 78.4 Å². The van der Waals surface area contributed by atoms with E-state index < -0.39 is 6.09 Å². The van der Waals surface area contributed by atoms with Gasteiger partial charge in [0.1, 0.15) is 5.78 Å². The number of hydrogen-bond donors (Lipinski definition) is 3. The molecule has 1 saturated heterocycles. The lowest BCUT2D eigenvalue weighted by molar-refractivity contribution is -0.116. The van der Waals surface area contributed by atoms with Gasteiger partial charge in [-0.3, -0.25) is 4.79 Å². The summed E-state index contributed by atoms with van der Waals surface area (Å²) in [6, 6.07) is 9.38. The molecule has 17 heavy (non-hydrogen) atoms. The molecule has 0 aromatic heterocycles. The van der Waals surface area contributed by atoms with Crippen LogP contribution in [-0.4, -0.2) is 30.1 Å². The monoisotopic (exact) mass is 236 g/mol. The first-order valence-electron chi connectivity index (χ1n) is 5.41. The largest absolute Gasteiger partial charge is 0.465 e. The molecule has 1 fully saturated rings. The van der Waals surface area contributed by atoms with Gasteiger partial charge in [0.15, 0.2) is 0 Å². The van der Waals surface area contributed by atoms with Crippen LogP contribution in [0.5, 0.6) is 0 Å². The minimum atomic E-state index is -0.992. The van der Waals surface area contributed by atoms with Gasteiger partial charge < -0.3 is 15.7 Å². The second-order valence-electron chi connectivity index (χ2n) is 3.61. The molecular formula is C12H16N2O3. The van der Waals surface area contributed by atoms with Crippen molar-refractivity contribution in [2.45, 2.75) is 13.0 Å². The van der Waals surface area contributed by atoms with Crippen LogP contribution in [0.2, 0.25) is 0 Å². The van der Waals surface area contributed by atoms with Gasteiger partial charge in [-0.05, 0) is 5.56 Å². The van der Waals surface area contributed by atoms with Crippen LogP contribution in [0.4, 0.5) is 4.79 Å². The fourth-order valence-corrected chi connectivity index (χ4v) is 1.32. The Labute approximate surface area is 99.8 Å². The van der Waals surface area contributed by atoms with Crippen molar-refractivity contribution in [2.24, 2.45) is 0 Å². The Morgan fingerprint density at radius 2 is 2.06 bits per heavy atom. The zero-order valence-electron chi connectivity index (χ0n) is 9.48. The van der Waals surface area contributed by atoms with Crippen molar-refractivity contribution >= 4 is 11.9 Å². The van der Waals surface area contributed by atoms with Gasteiger partial charge in [-0.2, -0.15) is 0 Å². The van der Waals surface area contributed by atoms with Gasteiger partial charge >= 0.3 is 6.09 Å². The van der Waals surface area contributed by atoms with Crippen LogP contribution in [0.3, 0.4) is 0 Å². The van der Waals surface area contributed by atoms with Crippen molar-refractivity contribution < 1.29 is 14.7 Å². The Hall–Kier alpha value is -1.88. The predicted molar refractivity (Wildman–Crippen MR) is 63.8 cm³/mol. The molecule has 92 valence electrons. The highest BCUT2D eigenvalue weighted by Crippen LogP contribution is 1.96. The summed E-state index contributed by atoms with van der Waals surface area (Å²) >= 11 is 0. The van der Waals surface area contributed by atoms with E-state index in [-0.39, 0.29) is 0 Å². The number of benzene rings is 1. The minimum absolute atomic E-state index is 0.343. The van der Waals surface area contributed by atoms with Gasteiger partial charge in [0, 0.05) is 19.5 Å². The summed E-state index contributed by atoms with van der Waals surface area (Å²) in [5.74, 6) is 0.343. The second kappa shape index (κ2) is 7.40. The molecule has 1 amide bonds. The second-order valence-corrected chi connectivity index (χ2v) is 3.61. The summed E-state index contributed by atoms with van der Waals surface area (Å²) in [5, 5.41) is 13.5. The molecule has 0 saturated carbocycles. The summed E-state index contributed by atoms with van der Waals surface area (Å²) in [6.45, 7) is 1.86. The van der Waals surface area contributed by atoms with Gasteiger partial charge in [-0.1, -0.05) is 30.3 Å². The summed E-state index contributed by atoms with van der Waals surface area (Å²) in [6.07, 6.45) is -0.256. The zero-order chi connectivity index (χ0) is 12.5. The quantitative estimate of drug-likeness (QED) is 0.716. The normalized spacial score (nSPS) is 13.8. The van der Waals surface area contributed by atoms with E-state index in [1.54, 1.807) is 0 Å². The average molecular weight is 236 g/mol. The number of Topliss-reactive ketones (excluding diaryl/α,β-unsaturated/α-hetero) is 1. The molecule has 0 atom stereocenters. The molecule has 0 aliphatic carbocycles. The molecule has 5 nitrogen and oxygen atoms in total. The number of amides is 1. The van der Waals surface area contributed by atoms with E-state index in [0.29, 0.717) is 18.9 Å². The van der Waals surface area contributed by atoms with Crippen molar-refractivity contribution in [1.29, 1.82) is 0 Å². The molecule has 1 aromatic carbocycles. The Balaban J connectivity index is 0.000000202. The zero-order valence-corrected chi connectivity index (χ0v) is 9.48. The van der Waals surface area contributed by atoms with Crippen LogP contribution in [0, 0.1) is 0 Å². The Kier molecular flexibility index (Phi) is 5.74. The van der Waals surface area contributed by atoms with Crippen LogP contribution in [0.1, 0.15) is 12.0 Å². The molecule has 2 rings (SSSR count).